The van der Waals surface area contributed by atoms with Gasteiger partial charge in [-0.3, -0.25) is 4.79 Å². The van der Waals surface area contributed by atoms with Crippen LogP contribution in [0.2, 0.25) is 0 Å². The van der Waals surface area contributed by atoms with E-state index < -0.39 is 0 Å². The van der Waals surface area contributed by atoms with Crippen LogP contribution in [0.3, 0.4) is 0 Å². The molecule has 6 heteroatoms. The summed E-state index contributed by atoms with van der Waals surface area (Å²) in [6.45, 7) is 9.44. The Kier molecular flexibility index (Phi) is 6.29. The average molecular weight is 380 g/mol. The van der Waals surface area contributed by atoms with Crippen molar-refractivity contribution >= 4 is 16.7 Å². The minimum atomic E-state index is -0.237. The summed E-state index contributed by atoms with van der Waals surface area (Å²) < 4.78 is 1.28. The van der Waals surface area contributed by atoms with Crippen molar-refractivity contribution in [2.24, 2.45) is 0 Å². The van der Waals surface area contributed by atoms with Gasteiger partial charge in [0, 0.05) is 12.6 Å². The summed E-state index contributed by atoms with van der Waals surface area (Å²) >= 11 is 0. The number of pyridine rings is 1. The Morgan fingerprint density at radius 1 is 1.18 bits per heavy atom. The second-order valence-electron chi connectivity index (χ2n) is 7.28. The van der Waals surface area contributed by atoms with Gasteiger partial charge in [0.1, 0.15) is 12.9 Å². The molecule has 0 atom stereocenters. The van der Waals surface area contributed by atoms with Gasteiger partial charge >= 0.3 is 0 Å². The third-order valence-corrected chi connectivity index (χ3v) is 4.79. The lowest BCUT2D eigenvalue weighted by molar-refractivity contribution is 0.108. The molecule has 0 bridgehead atoms. The van der Waals surface area contributed by atoms with Gasteiger partial charge in [-0.05, 0) is 30.4 Å². The van der Waals surface area contributed by atoms with E-state index >= 15 is 0 Å². The van der Waals surface area contributed by atoms with Gasteiger partial charge in [0.25, 0.3) is 5.56 Å². The maximum absolute atomic E-state index is 12.6. The maximum Gasteiger partial charge on any atom is 0.287 e. The number of hydrogen-bond acceptors (Lipinski definition) is 5. The molecule has 2 aromatic heterocycles. The molecule has 0 saturated carbocycles. The molecule has 0 saturated heterocycles. The molecule has 3 aromatic rings. The van der Waals surface area contributed by atoms with Crippen LogP contribution in [0.25, 0.3) is 11.0 Å². The van der Waals surface area contributed by atoms with Crippen molar-refractivity contribution in [3.63, 3.8) is 0 Å². The van der Waals surface area contributed by atoms with Crippen LogP contribution in [0.1, 0.15) is 56.4 Å². The van der Waals surface area contributed by atoms with Crippen molar-refractivity contribution in [3.8, 4) is 0 Å². The van der Waals surface area contributed by atoms with E-state index in [1.807, 2.05) is 6.92 Å². The fraction of sp³-hybridized carbons (Fsp3) is 0.409. The number of anilines is 1. The summed E-state index contributed by atoms with van der Waals surface area (Å²) in [5.41, 5.74) is 4.24. The average Bonchev–Trinajstić information content (AvgIpc) is 2.68. The highest BCUT2D eigenvalue weighted by atomic mass is 16.7. The first kappa shape index (κ1) is 19.9. The number of fused-ring (bicyclic) bond motifs is 1. The predicted octanol–water partition coefficient (Wildman–Crippen LogP) is 4.06. The first-order chi connectivity index (χ1) is 13.5. The van der Waals surface area contributed by atoms with Crippen LogP contribution in [0.15, 0.2) is 41.5 Å². The summed E-state index contributed by atoms with van der Waals surface area (Å²) in [6, 6.07) is 10.1. The van der Waals surface area contributed by atoms with Gasteiger partial charge in [-0.2, -0.15) is 0 Å². The van der Waals surface area contributed by atoms with Gasteiger partial charge in [-0.15, -0.1) is 4.73 Å². The topological polar surface area (TPSA) is 69.0 Å². The predicted molar refractivity (Wildman–Crippen MR) is 113 cm³/mol. The molecule has 0 radical (unpaired) electrons. The molecule has 0 aliphatic rings. The lowest BCUT2D eigenvalue weighted by Gasteiger charge is -2.15. The van der Waals surface area contributed by atoms with Gasteiger partial charge < -0.3 is 10.2 Å². The summed E-state index contributed by atoms with van der Waals surface area (Å²) in [4.78, 5) is 26.9. The van der Waals surface area contributed by atoms with Crippen LogP contribution < -0.4 is 15.7 Å². The van der Waals surface area contributed by atoms with Crippen molar-refractivity contribution in [2.75, 3.05) is 11.9 Å². The van der Waals surface area contributed by atoms with Crippen molar-refractivity contribution < 1.29 is 4.84 Å². The molecule has 6 nitrogen and oxygen atoms in total. The van der Waals surface area contributed by atoms with Crippen LogP contribution >= 0.6 is 0 Å². The molecular formula is C22H28N4O2. The zero-order valence-electron chi connectivity index (χ0n) is 17.0. The Bertz CT molecular complexity index is 994. The highest BCUT2D eigenvalue weighted by Gasteiger charge is 2.14. The monoisotopic (exact) mass is 380 g/mol. The van der Waals surface area contributed by atoms with Crippen LogP contribution in [0.4, 0.5) is 5.69 Å². The van der Waals surface area contributed by atoms with E-state index in [2.05, 4.69) is 60.3 Å². The van der Waals surface area contributed by atoms with E-state index in [9.17, 15) is 4.79 Å². The summed E-state index contributed by atoms with van der Waals surface area (Å²) in [5, 5.41) is 4.18. The third-order valence-electron chi connectivity index (χ3n) is 4.79. The molecule has 0 fully saturated rings. The smallest absolute Gasteiger partial charge is 0.287 e. The molecule has 0 amide bonds. The van der Waals surface area contributed by atoms with E-state index in [0.717, 1.165) is 35.2 Å². The number of aromatic nitrogens is 3. The molecular weight excluding hydrogens is 352 g/mol. The van der Waals surface area contributed by atoms with Crippen LogP contribution in [0, 0.1) is 6.92 Å². The molecule has 1 N–H and O–H groups in total. The summed E-state index contributed by atoms with van der Waals surface area (Å²) in [6.07, 6.45) is 3.34. The number of unbranched alkanes of at least 4 members (excludes halogenated alkanes) is 1. The molecule has 148 valence electrons. The fourth-order valence-corrected chi connectivity index (χ4v) is 3.07. The normalized spacial score (nSPS) is 11.2. The molecule has 28 heavy (non-hydrogen) atoms. The zero-order chi connectivity index (χ0) is 20.1. The molecule has 0 spiro atoms. The lowest BCUT2D eigenvalue weighted by Crippen LogP contribution is -2.29. The standard InChI is InChI=1S/C22H28N4O2/c1-5-6-11-28-26-20(27)12-19(21-16(4)24-14-25-22(21)26)23-13-17-7-9-18(10-8-17)15(2)3/h7-10,12,14-15,23H,5-6,11,13H2,1-4H3. The molecule has 3 rings (SSSR count). The molecule has 2 heterocycles. The minimum absolute atomic E-state index is 0.237. The van der Waals surface area contributed by atoms with Crippen LogP contribution in [-0.4, -0.2) is 21.3 Å². The Balaban J connectivity index is 1.90. The highest BCUT2D eigenvalue weighted by molar-refractivity contribution is 5.90. The van der Waals surface area contributed by atoms with Gasteiger partial charge in [0.15, 0.2) is 5.65 Å². The second kappa shape index (κ2) is 8.87. The molecule has 1 aromatic carbocycles. The zero-order valence-corrected chi connectivity index (χ0v) is 17.0. The van der Waals surface area contributed by atoms with E-state index in [4.69, 9.17) is 4.84 Å². The lowest BCUT2D eigenvalue weighted by atomic mass is 10.0. The Hall–Kier alpha value is -2.89. The van der Waals surface area contributed by atoms with Crippen molar-refractivity contribution in [1.29, 1.82) is 0 Å². The summed E-state index contributed by atoms with van der Waals surface area (Å²) in [7, 11) is 0. The number of nitrogens with zero attached hydrogens (tertiary/aromatic N) is 3. The Morgan fingerprint density at radius 2 is 1.93 bits per heavy atom. The quantitative estimate of drug-likeness (QED) is 0.597. The first-order valence-electron chi connectivity index (χ1n) is 9.84. The molecule has 0 aliphatic heterocycles. The summed E-state index contributed by atoms with van der Waals surface area (Å²) in [5.74, 6) is 0.506. The Labute approximate surface area is 165 Å². The number of aryl methyl sites for hydroxylation is 1. The minimum Gasteiger partial charge on any atom is -0.409 e. The fourth-order valence-electron chi connectivity index (χ4n) is 3.07. The van der Waals surface area contributed by atoms with E-state index in [0.29, 0.717) is 24.7 Å². The maximum atomic E-state index is 12.6. The van der Waals surface area contributed by atoms with Crippen molar-refractivity contribution in [1.82, 2.24) is 14.7 Å². The molecule has 0 aliphatic carbocycles. The van der Waals surface area contributed by atoms with Gasteiger partial charge in [0.2, 0.25) is 0 Å². The number of benzene rings is 1. The van der Waals surface area contributed by atoms with Crippen LogP contribution in [0.5, 0.6) is 0 Å². The highest BCUT2D eigenvalue weighted by Crippen LogP contribution is 2.23. The number of nitrogens with one attached hydrogen (secondary N) is 1. The largest absolute Gasteiger partial charge is 0.409 e. The number of rotatable bonds is 8. The van der Waals surface area contributed by atoms with Crippen molar-refractivity contribution in [3.05, 3.63) is 63.8 Å². The van der Waals surface area contributed by atoms with E-state index in [-0.39, 0.29) is 5.56 Å². The molecule has 0 unspecified atom stereocenters. The van der Waals surface area contributed by atoms with Crippen LogP contribution in [-0.2, 0) is 6.54 Å². The van der Waals surface area contributed by atoms with E-state index in [1.54, 1.807) is 6.07 Å². The van der Waals surface area contributed by atoms with E-state index in [1.165, 1.54) is 16.6 Å². The van der Waals surface area contributed by atoms with Gasteiger partial charge in [-0.25, -0.2) is 9.97 Å². The second-order valence-corrected chi connectivity index (χ2v) is 7.28. The van der Waals surface area contributed by atoms with Gasteiger partial charge in [0.05, 0.1) is 16.8 Å². The van der Waals surface area contributed by atoms with Crippen molar-refractivity contribution in [2.45, 2.75) is 53.0 Å². The Morgan fingerprint density at radius 3 is 2.61 bits per heavy atom. The SMILES string of the molecule is CCCCOn1c(=O)cc(NCc2ccc(C(C)C)cc2)c2c(C)ncnc21. The first-order valence-corrected chi connectivity index (χ1v) is 9.84. The number of hydrogen-bond donors (Lipinski definition) is 1. The van der Waals surface area contributed by atoms with Gasteiger partial charge in [-0.1, -0.05) is 51.5 Å². The third kappa shape index (κ3) is 4.32.